The van der Waals surface area contributed by atoms with E-state index in [2.05, 4.69) is 5.32 Å². The summed E-state index contributed by atoms with van der Waals surface area (Å²) < 4.78 is 25.4. The van der Waals surface area contributed by atoms with E-state index in [9.17, 15) is 13.2 Å². The molecule has 0 bridgehead atoms. The summed E-state index contributed by atoms with van der Waals surface area (Å²) in [4.78, 5) is 14.5. The van der Waals surface area contributed by atoms with E-state index < -0.39 is 10.0 Å². The van der Waals surface area contributed by atoms with Crippen molar-refractivity contribution in [3.63, 3.8) is 0 Å². The molecule has 1 amide bonds. The van der Waals surface area contributed by atoms with Crippen LogP contribution in [-0.4, -0.2) is 68.0 Å². The summed E-state index contributed by atoms with van der Waals surface area (Å²) in [6.45, 7) is 6.95. The minimum atomic E-state index is -3.18. The number of carbonyl (C=O) groups excluding carboxylic acids is 1. The van der Waals surface area contributed by atoms with Gasteiger partial charge in [0.1, 0.15) is 0 Å². The second-order valence-electron chi connectivity index (χ2n) is 5.68. The minimum absolute atomic E-state index is 0. The molecule has 2 atom stereocenters. The van der Waals surface area contributed by atoms with Gasteiger partial charge in [0.2, 0.25) is 15.9 Å². The van der Waals surface area contributed by atoms with Crippen molar-refractivity contribution in [1.82, 2.24) is 14.5 Å². The first-order valence-corrected chi connectivity index (χ1v) is 9.05. The molecule has 21 heavy (non-hydrogen) atoms. The van der Waals surface area contributed by atoms with Crippen molar-refractivity contribution in [3.8, 4) is 0 Å². The van der Waals surface area contributed by atoms with Gasteiger partial charge in [0.25, 0.3) is 0 Å². The first-order valence-electron chi connectivity index (χ1n) is 7.44. The Morgan fingerprint density at radius 3 is 2.67 bits per heavy atom. The number of halogens is 1. The number of piperidine rings is 1. The highest BCUT2D eigenvalue weighted by molar-refractivity contribution is 7.89. The largest absolute Gasteiger partial charge is 0.337 e. The van der Waals surface area contributed by atoms with Crippen molar-refractivity contribution in [2.75, 3.05) is 38.5 Å². The van der Waals surface area contributed by atoms with Gasteiger partial charge < -0.3 is 10.2 Å². The first-order chi connectivity index (χ1) is 9.45. The number of hydrogen-bond donors (Lipinski definition) is 1. The van der Waals surface area contributed by atoms with Crippen LogP contribution < -0.4 is 5.32 Å². The van der Waals surface area contributed by atoms with Gasteiger partial charge in [-0.25, -0.2) is 12.7 Å². The molecule has 0 radical (unpaired) electrons. The molecule has 124 valence electrons. The van der Waals surface area contributed by atoms with Crippen LogP contribution in [0.15, 0.2) is 0 Å². The van der Waals surface area contributed by atoms with Crippen molar-refractivity contribution in [2.45, 2.75) is 32.7 Å². The number of nitrogens with one attached hydrogen (secondary N) is 1. The predicted octanol–water partition coefficient (Wildman–Crippen LogP) is 0.290. The number of hydrogen-bond acceptors (Lipinski definition) is 4. The molecule has 0 aromatic carbocycles. The summed E-state index contributed by atoms with van der Waals surface area (Å²) in [5.74, 6) is 0.0541. The second kappa shape index (κ2) is 7.76. The summed E-state index contributed by atoms with van der Waals surface area (Å²) >= 11 is 0. The fraction of sp³-hybridized carbons (Fsp3) is 0.923. The number of carbonyl (C=O) groups is 1. The molecule has 2 aliphatic heterocycles. The van der Waals surface area contributed by atoms with Crippen LogP contribution in [0.25, 0.3) is 0 Å². The molecule has 2 rings (SSSR count). The van der Waals surface area contributed by atoms with Gasteiger partial charge in [-0.2, -0.15) is 0 Å². The van der Waals surface area contributed by atoms with Crippen molar-refractivity contribution in [3.05, 3.63) is 0 Å². The highest BCUT2D eigenvalue weighted by Crippen LogP contribution is 2.22. The quantitative estimate of drug-likeness (QED) is 0.802. The number of amides is 1. The van der Waals surface area contributed by atoms with Gasteiger partial charge in [-0.05, 0) is 26.7 Å². The number of sulfonamides is 1. The molecule has 6 nitrogen and oxygen atoms in total. The van der Waals surface area contributed by atoms with E-state index in [0.29, 0.717) is 13.1 Å². The van der Waals surface area contributed by atoms with Crippen molar-refractivity contribution < 1.29 is 13.2 Å². The standard InChI is InChI=1S/C13H25N3O3S.ClH/c1-3-20(18,19)15-7-4-5-12(10-15)13(17)16-8-6-14-9-11(16)2;/h11-12,14H,3-10H2,1-2H3;1H/t11-,12?;/m0./s1. The molecule has 8 heteroatoms. The summed E-state index contributed by atoms with van der Waals surface area (Å²) in [7, 11) is -3.18. The Labute approximate surface area is 133 Å². The van der Waals surface area contributed by atoms with E-state index in [0.717, 1.165) is 32.5 Å². The second-order valence-corrected chi connectivity index (χ2v) is 7.94. The summed E-state index contributed by atoms with van der Waals surface area (Å²) in [5.41, 5.74) is 0. The van der Waals surface area contributed by atoms with Crippen LogP contribution in [0, 0.1) is 5.92 Å². The highest BCUT2D eigenvalue weighted by Gasteiger charge is 2.35. The van der Waals surface area contributed by atoms with E-state index in [1.807, 2.05) is 11.8 Å². The fourth-order valence-corrected chi connectivity index (χ4v) is 4.16. The SMILES string of the molecule is CCS(=O)(=O)N1CCCC(C(=O)N2CCNC[C@@H]2C)C1.Cl. The van der Waals surface area contributed by atoms with Gasteiger partial charge in [-0.1, -0.05) is 0 Å². The van der Waals surface area contributed by atoms with E-state index in [-0.39, 0.29) is 36.0 Å². The van der Waals surface area contributed by atoms with Gasteiger partial charge in [0.05, 0.1) is 11.7 Å². The Morgan fingerprint density at radius 1 is 1.33 bits per heavy atom. The zero-order valence-electron chi connectivity index (χ0n) is 12.7. The van der Waals surface area contributed by atoms with Crippen LogP contribution in [0.5, 0.6) is 0 Å². The van der Waals surface area contributed by atoms with Crippen LogP contribution in [0.4, 0.5) is 0 Å². The van der Waals surface area contributed by atoms with E-state index in [1.54, 1.807) is 6.92 Å². The molecule has 1 unspecified atom stereocenters. The lowest BCUT2D eigenvalue weighted by Gasteiger charge is -2.39. The molecular formula is C13H26ClN3O3S. The Kier molecular flexibility index (Phi) is 6.90. The molecular weight excluding hydrogens is 314 g/mol. The lowest BCUT2D eigenvalue weighted by Crippen LogP contribution is -2.56. The highest BCUT2D eigenvalue weighted by atomic mass is 35.5. The Morgan fingerprint density at radius 2 is 2.05 bits per heavy atom. The van der Waals surface area contributed by atoms with Gasteiger partial charge in [0, 0.05) is 38.8 Å². The third kappa shape index (κ3) is 4.31. The Balaban J connectivity index is 0.00000220. The van der Waals surface area contributed by atoms with Crippen molar-refractivity contribution >= 4 is 28.3 Å². The molecule has 2 saturated heterocycles. The Hall–Kier alpha value is -0.370. The summed E-state index contributed by atoms with van der Waals surface area (Å²) in [6.07, 6.45) is 1.57. The first kappa shape index (κ1) is 18.7. The average molecular weight is 340 g/mol. The zero-order valence-corrected chi connectivity index (χ0v) is 14.4. The molecule has 2 aliphatic rings. The molecule has 0 aromatic heterocycles. The normalized spacial score (nSPS) is 28.0. The number of rotatable bonds is 3. The maximum atomic E-state index is 12.6. The maximum absolute atomic E-state index is 12.6. The molecule has 2 fully saturated rings. The van der Waals surface area contributed by atoms with E-state index in [4.69, 9.17) is 0 Å². The molecule has 0 spiro atoms. The van der Waals surface area contributed by atoms with Crippen LogP contribution >= 0.6 is 12.4 Å². The number of piperazine rings is 1. The van der Waals surface area contributed by atoms with Crippen LogP contribution in [0.3, 0.4) is 0 Å². The summed E-state index contributed by atoms with van der Waals surface area (Å²) in [5, 5.41) is 3.26. The van der Waals surface area contributed by atoms with Gasteiger partial charge in [-0.3, -0.25) is 4.79 Å². The van der Waals surface area contributed by atoms with Crippen molar-refractivity contribution in [2.24, 2.45) is 5.92 Å². The average Bonchev–Trinajstić information content (AvgIpc) is 2.47. The van der Waals surface area contributed by atoms with Crippen molar-refractivity contribution in [1.29, 1.82) is 0 Å². The fourth-order valence-electron chi connectivity index (χ4n) is 2.98. The molecule has 0 aromatic rings. The minimum Gasteiger partial charge on any atom is -0.337 e. The van der Waals surface area contributed by atoms with Gasteiger partial charge in [0.15, 0.2) is 0 Å². The topological polar surface area (TPSA) is 69.7 Å². The molecule has 0 aliphatic carbocycles. The van der Waals surface area contributed by atoms with Crippen LogP contribution in [0.2, 0.25) is 0 Å². The van der Waals surface area contributed by atoms with E-state index in [1.165, 1.54) is 4.31 Å². The molecule has 0 saturated carbocycles. The van der Waals surface area contributed by atoms with E-state index >= 15 is 0 Å². The smallest absolute Gasteiger partial charge is 0.227 e. The maximum Gasteiger partial charge on any atom is 0.227 e. The third-order valence-corrected chi connectivity index (χ3v) is 6.12. The number of nitrogens with zero attached hydrogens (tertiary/aromatic N) is 2. The van der Waals surface area contributed by atoms with Gasteiger partial charge in [-0.15, -0.1) is 12.4 Å². The molecule has 2 heterocycles. The monoisotopic (exact) mass is 339 g/mol. The molecule has 1 N–H and O–H groups in total. The summed E-state index contributed by atoms with van der Waals surface area (Å²) in [6, 6.07) is 0.189. The Bertz CT molecular complexity index is 458. The zero-order chi connectivity index (χ0) is 14.8. The lowest BCUT2D eigenvalue weighted by molar-refractivity contribution is -0.139. The predicted molar refractivity (Wildman–Crippen MR) is 85.1 cm³/mol. The van der Waals surface area contributed by atoms with Crippen LogP contribution in [-0.2, 0) is 14.8 Å². The van der Waals surface area contributed by atoms with Crippen LogP contribution in [0.1, 0.15) is 26.7 Å². The lowest BCUT2D eigenvalue weighted by atomic mass is 9.97. The van der Waals surface area contributed by atoms with Gasteiger partial charge >= 0.3 is 0 Å². The third-order valence-electron chi connectivity index (χ3n) is 4.28.